The van der Waals surface area contributed by atoms with Crippen molar-refractivity contribution >= 4 is 46.0 Å². The molecule has 1 aliphatic rings. The summed E-state index contributed by atoms with van der Waals surface area (Å²) in [6.07, 6.45) is 2.00. The van der Waals surface area contributed by atoms with E-state index in [9.17, 15) is 9.59 Å². The Morgan fingerprint density at radius 2 is 1.85 bits per heavy atom. The summed E-state index contributed by atoms with van der Waals surface area (Å²) in [6.45, 7) is 10.2. The summed E-state index contributed by atoms with van der Waals surface area (Å²) in [5.74, 6) is 1.25. The van der Waals surface area contributed by atoms with E-state index in [1.807, 2.05) is 68.7 Å². The molecule has 6 rings (SSSR count). The molecular formula is C34H36ClN5O7S. The van der Waals surface area contributed by atoms with Crippen molar-refractivity contribution in [2.24, 2.45) is 0 Å². The van der Waals surface area contributed by atoms with Gasteiger partial charge in [0.25, 0.3) is 0 Å². The van der Waals surface area contributed by atoms with E-state index < -0.39 is 17.7 Å². The monoisotopic (exact) mass is 693 g/mol. The number of aromatic nitrogens is 4. The van der Waals surface area contributed by atoms with Gasteiger partial charge >= 0.3 is 12.1 Å². The molecule has 0 bridgehead atoms. The standard InChI is InChI=1S/C34H36ClN5O7S/c1-19(23-8-7-9-26(29(23)35)46-22-12-14-39(15-13-22)33(42)47-34(3,4)5)44-27-17-28(48-30(27)32(41)43-6)40-18-36-24-16-21(10-11-25(24)40)31-38-37-20(2)45-31/h7-11,16-19,22H,12-15H2,1-6H3/t19-/m1/s1. The van der Waals surface area contributed by atoms with Crippen LogP contribution >= 0.6 is 22.9 Å². The van der Waals surface area contributed by atoms with Crippen LogP contribution in [0, 0.1) is 6.92 Å². The molecule has 252 valence electrons. The number of thiophene rings is 1. The molecule has 1 aliphatic heterocycles. The van der Waals surface area contributed by atoms with Gasteiger partial charge in [0, 0.05) is 50.0 Å². The minimum atomic E-state index is -0.547. The molecule has 4 heterocycles. The van der Waals surface area contributed by atoms with Crippen molar-refractivity contribution in [1.29, 1.82) is 0 Å². The van der Waals surface area contributed by atoms with Gasteiger partial charge in [-0.25, -0.2) is 14.6 Å². The number of imidazole rings is 1. The van der Waals surface area contributed by atoms with Gasteiger partial charge in [0.2, 0.25) is 11.8 Å². The number of carbonyl (C=O) groups excluding carboxylic acids is 2. The van der Waals surface area contributed by atoms with Crippen LogP contribution in [0.1, 0.15) is 67.8 Å². The molecular weight excluding hydrogens is 658 g/mol. The molecule has 0 aliphatic carbocycles. The van der Waals surface area contributed by atoms with E-state index in [4.69, 9.17) is 35.0 Å². The second-order valence-corrected chi connectivity index (χ2v) is 13.8. The van der Waals surface area contributed by atoms with Crippen LogP contribution in [0.25, 0.3) is 27.5 Å². The number of piperidine rings is 1. The van der Waals surface area contributed by atoms with Crippen LogP contribution < -0.4 is 9.47 Å². The Morgan fingerprint density at radius 3 is 2.54 bits per heavy atom. The summed E-state index contributed by atoms with van der Waals surface area (Å²) >= 11 is 8.10. The van der Waals surface area contributed by atoms with Crippen molar-refractivity contribution < 1.29 is 33.0 Å². The van der Waals surface area contributed by atoms with Gasteiger partial charge in [-0.1, -0.05) is 23.7 Å². The summed E-state index contributed by atoms with van der Waals surface area (Å²) < 4.78 is 30.7. The first-order valence-electron chi connectivity index (χ1n) is 15.5. The van der Waals surface area contributed by atoms with Crippen molar-refractivity contribution in [3.8, 4) is 28.0 Å². The first-order valence-corrected chi connectivity index (χ1v) is 16.7. The summed E-state index contributed by atoms with van der Waals surface area (Å²) in [5, 5.41) is 9.12. The van der Waals surface area contributed by atoms with Crippen LogP contribution in [0.2, 0.25) is 5.02 Å². The first-order chi connectivity index (χ1) is 22.9. The largest absolute Gasteiger partial charge is 0.489 e. The molecule has 0 radical (unpaired) electrons. The molecule has 0 saturated carbocycles. The molecule has 2 aromatic carbocycles. The topological polar surface area (TPSA) is 131 Å². The zero-order valence-electron chi connectivity index (χ0n) is 27.5. The highest BCUT2D eigenvalue weighted by Crippen LogP contribution is 2.40. The van der Waals surface area contributed by atoms with Crippen LogP contribution in [0.3, 0.4) is 0 Å². The third-order valence-corrected chi connectivity index (χ3v) is 9.24. The van der Waals surface area contributed by atoms with E-state index in [0.29, 0.717) is 75.2 Å². The number of likely N-dealkylation sites (tertiary alicyclic amines) is 1. The molecule has 3 aromatic heterocycles. The van der Waals surface area contributed by atoms with Crippen molar-refractivity contribution in [3.05, 3.63) is 70.1 Å². The average Bonchev–Trinajstić information content (AvgIpc) is 3.79. The molecule has 1 atom stereocenters. The number of benzene rings is 2. The highest BCUT2D eigenvalue weighted by Gasteiger charge is 2.29. The summed E-state index contributed by atoms with van der Waals surface area (Å²) in [4.78, 5) is 31.9. The minimum absolute atomic E-state index is 0.116. The number of nitrogens with zero attached hydrogens (tertiary/aromatic N) is 5. The normalized spacial score (nSPS) is 14.6. The maximum Gasteiger partial charge on any atom is 0.410 e. The molecule has 48 heavy (non-hydrogen) atoms. The Morgan fingerprint density at radius 1 is 1.08 bits per heavy atom. The van der Waals surface area contributed by atoms with Gasteiger partial charge in [0.1, 0.15) is 40.6 Å². The summed E-state index contributed by atoms with van der Waals surface area (Å²) in [5.41, 5.74) is 2.43. The zero-order chi connectivity index (χ0) is 34.2. The van der Waals surface area contributed by atoms with Gasteiger partial charge in [-0.3, -0.25) is 4.57 Å². The van der Waals surface area contributed by atoms with Crippen molar-refractivity contribution in [2.45, 2.75) is 65.3 Å². The van der Waals surface area contributed by atoms with Gasteiger partial charge in [0.05, 0.1) is 23.2 Å². The van der Waals surface area contributed by atoms with Crippen molar-refractivity contribution in [2.75, 3.05) is 20.2 Å². The van der Waals surface area contributed by atoms with Gasteiger partial charge in [-0.15, -0.1) is 21.5 Å². The molecule has 14 heteroatoms. The number of hydrogen-bond acceptors (Lipinski definition) is 11. The fourth-order valence-corrected chi connectivity index (χ4v) is 6.70. The smallest absolute Gasteiger partial charge is 0.410 e. The maximum atomic E-state index is 12.9. The molecule has 1 saturated heterocycles. The van der Waals surface area contributed by atoms with Crippen LogP contribution in [-0.2, 0) is 9.47 Å². The number of carbonyl (C=O) groups is 2. The second-order valence-electron chi connectivity index (χ2n) is 12.4. The number of methoxy groups -OCH3 is 1. The molecule has 1 amide bonds. The quantitative estimate of drug-likeness (QED) is 0.148. The second kappa shape index (κ2) is 13.5. The Hall–Kier alpha value is -4.62. The molecule has 0 N–H and O–H groups in total. The predicted molar refractivity (Wildman–Crippen MR) is 180 cm³/mol. The maximum absolute atomic E-state index is 12.9. The van der Waals surface area contributed by atoms with E-state index in [-0.39, 0.29) is 12.2 Å². The Kier molecular flexibility index (Phi) is 9.35. The molecule has 5 aromatic rings. The molecule has 0 unspecified atom stereocenters. The third kappa shape index (κ3) is 7.12. The van der Waals surface area contributed by atoms with Crippen molar-refractivity contribution in [1.82, 2.24) is 24.6 Å². The van der Waals surface area contributed by atoms with E-state index >= 15 is 0 Å². The van der Waals surface area contributed by atoms with E-state index in [1.165, 1.54) is 18.4 Å². The van der Waals surface area contributed by atoms with Gasteiger partial charge in [0.15, 0.2) is 4.88 Å². The Labute approximate surface area is 286 Å². The summed E-state index contributed by atoms with van der Waals surface area (Å²) in [7, 11) is 1.33. The Bertz CT molecular complexity index is 1950. The minimum Gasteiger partial charge on any atom is -0.489 e. The number of halogens is 1. The van der Waals surface area contributed by atoms with Crippen molar-refractivity contribution in [3.63, 3.8) is 0 Å². The van der Waals surface area contributed by atoms with Crippen LogP contribution in [0.4, 0.5) is 4.79 Å². The SMILES string of the molecule is COC(=O)c1sc(-n2cnc3cc(-c4nnc(C)o4)ccc32)cc1O[C@H](C)c1cccc(OC2CCN(C(=O)OC(C)(C)C)CC2)c1Cl. The van der Waals surface area contributed by atoms with Crippen LogP contribution in [0.15, 0.2) is 53.2 Å². The lowest BCUT2D eigenvalue weighted by molar-refractivity contribution is 0.0126. The Balaban J connectivity index is 1.18. The van der Waals surface area contributed by atoms with Crippen LogP contribution in [0.5, 0.6) is 11.5 Å². The van der Waals surface area contributed by atoms with Gasteiger partial charge in [-0.05, 0) is 52.0 Å². The highest BCUT2D eigenvalue weighted by molar-refractivity contribution is 7.16. The lowest BCUT2D eigenvalue weighted by Crippen LogP contribution is -2.44. The number of ether oxygens (including phenoxy) is 4. The number of fused-ring (bicyclic) bond motifs is 1. The molecule has 1 fully saturated rings. The number of esters is 1. The third-order valence-electron chi connectivity index (χ3n) is 7.74. The van der Waals surface area contributed by atoms with Gasteiger partial charge < -0.3 is 28.3 Å². The molecule has 12 nitrogen and oxygen atoms in total. The fourth-order valence-electron chi connectivity index (χ4n) is 5.39. The zero-order valence-corrected chi connectivity index (χ0v) is 29.1. The van der Waals surface area contributed by atoms with E-state index in [0.717, 1.165) is 11.1 Å². The average molecular weight is 694 g/mol. The molecule has 0 spiro atoms. The number of aryl methyl sites for hydroxylation is 1. The van der Waals surface area contributed by atoms with Crippen LogP contribution in [-0.4, -0.2) is 68.6 Å². The lowest BCUT2D eigenvalue weighted by Gasteiger charge is -2.33. The number of rotatable bonds is 8. The van der Waals surface area contributed by atoms with E-state index in [2.05, 4.69) is 15.2 Å². The summed E-state index contributed by atoms with van der Waals surface area (Å²) in [6, 6.07) is 13.0. The predicted octanol–water partition coefficient (Wildman–Crippen LogP) is 7.80. The number of amides is 1. The first kappa shape index (κ1) is 33.3. The fraction of sp³-hybridized carbons (Fsp3) is 0.382. The number of hydrogen-bond donors (Lipinski definition) is 0. The lowest BCUT2D eigenvalue weighted by atomic mass is 10.1. The highest BCUT2D eigenvalue weighted by atomic mass is 35.5. The van der Waals surface area contributed by atoms with Gasteiger partial charge in [-0.2, -0.15) is 0 Å². The van der Waals surface area contributed by atoms with E-state index in [1.54, 1.807) is 24.2 Å².